The maximum Gasteiger partial charge on any atom is 0.410 e. The number of ether oxygens (including phenoxy) is 1. The maximum absolute atomic E-state index is 12.9. The largest absolute Gasteiger partial charge is 0.506 e. The Morgan fingerprint density at radius 3 is 2.67 bits per heavy atom. The number of aryl methyl sites for hydroxylation is 1. The maximum atomic E-state index is 12.9. The van der Waals surface area contributed by atoms with Gasteiger partial charge in [-0.25, -0.2) is 4.79 Å². The summed E-state index contributed by atoms with van der Waals surface area (Å²) in [5, 5.41) is 12.8. The van der Waals surface area contributed by atoms with Gasteiger partial charge in [-0.2, -0.15) is 0 Å². The molecule has 6 nitrogen and oxygen atoms in total. The Kier molecular flexibility index (Phi) is 5.35. The fourth-order valence-corrected chi connectivity index (χ4v) is 3.29. The smallest absolute Gasteiger partial charge is 0.410 e. The first-order valence-electron chi connectivity index (χ1n) is 8.99. The molecular weight excluding hydrogens is 344 g/mol. The lowest BCUT2D eigenvalue weighted by Crippen LogP contribution is -2.53. The van der Waals surface area contributed by atoms with Crippen LogP contribution in [0, 0.1) is 6.92 Å². The van der Waals surface area contributed by atoms with Crippen molar-refractivity contribution in [1.29, 1.82) is 0 Å². The number of phenols is 1. The molecule has 0 bridgehead atoms. The molecule has 0 spiro atoms. The SMILES string of the molecule is Cc1ccc(NC(=O)C2(C)CCCN2C(=O)OCc2ccccc2)c(O)c1. The second kappa shape index (κ2) is 7.70. The molecule has 2 N–H and O–H groups in total. The molecule has 2 amide bonds. The Morgan fingerprint density at radius 1 is 1.22 bits per heavy atom. The van der Waals surface area contributed by atoms with Crippen molar-refractivity contribution in [1.82, 2.24) is 4.90 Å². The lowest BCUT2D eigenvalue weighted by Gasteiger charge is -2.33. The first-order chi connectivity index (χ1) is 12.9. The van der Waals surface area contributed by atoms with Crippen LogP contribution in [0.4, 0.5) is 10.5 Å². The molecule has 3 rings (SSSR count). The minimum Gasteiger partial charge on any atom is -0.506 e. The number of hydrogen-bond acceptors (Lipinski definition) is 4. The number of hydrogen-bond donors (Lipinski definition) is 2. The first-order valence-corrected chi connectivity index (χ1v) is 8.99. The number of carbonyl (C=O) groups is 2. The lowest BCUT2D eigenvalue weighted by molar-refractivity contribution is -0.125. The number of anilines is 1. The van der Waals surface area contributed by atoms with Gasteiger partial charge in [-0.05, 0) is 49.9 Å². The number of likely N-dealkylation sites (tertiary alicyclic amines) is 1. The van der Waals surface area contributed by atoms with E-state index in [2.05, 4.69) is 5.32 Å². The quantitative estimate of drug-likeness (QED) is 0.804. The Labute approximate surface area is 158 Å². The second-order valence-corrected chi connectivity index (χ2v) is 7.04. The Balaban J connectivity index is 1.69. The molecule has 27 heavy (non-hydrogen) atoms. The zero-order valence-electron chi connectivity index (χ0n) is 15.6. The number of aromatic hydroxyl groups is 1. The van der Waals surface area contributed by atoms with Gasteiger partial charge < -0.3 is 15.2 Å². The highest BCUT2D eigenvalue weighted by Gasteiger charge is 2.46. The van der Waals surface area contributed by atoms with Crippen molar-refractivity contribution in [2.75, 3.05) is 11.9 Å². The third-order valence-electron chi connectivity index (χ3n) is 4.96. The average Bonchev–Trinajstić information content (AvgIpc) is 3.06. The van der Waals surface area contributed by atoms with Crippen molar-refractivity contribution in [3.8, 4) is 5.75 Å². The van der Waals surface area contributed by atoms with Crippen LogP contribution in [0.25, 0.3) is 0 Å². The van der Waals surface area contributed by atoms with E-state index in [1.54, 1.807) is 25.1 Å². The second-order valence-electron chi connectivity index (χ2n) is 7.04. The predicted molar refractivity (Wildman–Crippen MR) is 102 cm³/mol. The third-order valence-corrected chi connectivity index (χ3v) is 4.96. The van der Waals surface area contributed by atoms with E-state index >= 15 is 0 Å². The van der Waals surface area contributed by atoms with E-state index in [0.29, 0.717) is 25.1 Å². The van der Waals surface area contributed by atoms with Gasteiger partial charge >= 0.3 is 6.09 Å². The molecule has 0 saturated carbocycles. The summed E-state index contributed by atoms with van der Waals surface area (Å²) >= 11 is 0. The zero-order valence-corrected chi connectivity index (χ0v) is 15.6. The van der Waals surface area contributed by atoms with Crippen LogP contribution in [0.5, 0.6) is 5.75 Å². The van der Waals surface area contributed by atoms with Crippen molar-refractivity contribution in [2.24, 2.45) is 0 Å². The van der Waals surface area contributed by atoms with Crippen LogP contribution >= 0.6 is 0 Å². The fourth-order valence-electron chi connectivity index (χ4n) is 3.29. The van der Waals surface area contributed by atoms with Gasteiger partial charge in [-0.15, -0.1) is 0 Å². The average molecular weight is 368 g/mol. The van der Waals surface area contributed by atoms with E-state index in [9.17, 15) is 14.7 Å². The Morgan fingerprint density at radius 2 is 1.96 bits per heavy atom. The van der Waals surface area contributed by atoms with Gasteiger partial charge in [0.25, 0.3) is 0 Å². The van der Waals surface area contributed by atoms with Crippen LogP contribution in [-0.2, 0) is 16.1 Å². The van der Waals surface area contributed by atoms with Crippen molar-refractivity contribution in [2.45, 2.75) is 38.8 Å². The summed E-state index contributed by atoms with van der Waals surface area (Å²) < 4.78 is 5.40. The predicted octanol–water partition coefficient (Wildman–Crippen LogP) is 3.83. The molecular formula is C21H24N2O4. The molecule has 1 aliphatic heterocycles. The summed E-state index contributed by atoms with van der Waals surface area (Å²) in [5.41, 5.74) is 1.09. The molecule has 1 aliphatic rings. The Bertz CT molecular complexity index is 837. The summed E-state index contributed by atoms with van der Waals surface area (Å²) in [6.45, 7) is 4.20. The van der Waals surface area contributed by atoms with Crippen molar-refractivity contribution >= 4 is 17.7 Å². The summed E-state index contributed by atoms with van der Waals surface area (Å²) in [6, 6.07) is 14.4. The van der Waals surface area contributed by atoms with E-state index in [4.69, 9.17) is 4.74 Å². The van der Waals surface area contributed by atoms with E-state index in [0.717, 1.165) is 11.1 Å². The number of phenolic OH excluding ortho intramolecular Hbond substituents is 1. The number of rotatable bonds is 4. The number of carbonyl (C=O) groups excluding carboxylic acids is 2. The number of nitrogens with one attached hydrogen (secondary N) is 1. The minimum absolute atomic E-state index is 0.00292. The van der Waals surface area contributed by atoms with E-state index in [1.165, 1.54) is 4.90 Å². The summed E-state index contributed by atoms with van der Waals surface area (Å²) in [4.78, 5) is 26.9. The molecule has 1 fully saturated rings. The van der Waals surface area contributed by atoms with Crippen LogP contribution in [0.15, 0.2) is 48.5 Å². The van der Waals surface area contributed by atoms with Gasteiger partial charge in [0.1, 0.15) is 17.9 Å². The molecule has 142 valence electrons. The third kappa shape index (κ3) is 4.05. The van der Waals surface area contributed by atoms with Crippen molar-refractivity contribution in [3.05, 3.63) is 59.7 Å². The molecule has 6 heteroatoms. The summed E-state index contributed by atoms with van der Waals surface area (Å²) in [5.74, 6) is -0.334. The molecule has 1 saturated heterocycles. The molecule has 1 heterocycles. The summed E-state index contributed by atoms with van der Waals surface area (Å²) in [7, 11) is 0. The van der Waals surface area contributed by atoms with E-state index in [-0.39, 0.29) is 18.3 Å². The fraction of sp³-hybridized carbons (Fsp3) is 0.333. The van der Waals surface area contributed by atoms with E-state index < -0.39 is 11.6 Å². The zero-order chi connectivity index (χ0) is 19.4. The standard InChI is InChI=1S/C21H24N2O4/c1-15-9-10-17(18(24)13-15)22-19(25)21(2)11-6-12-23(21)20(26)27-14-16-7-4-3-5-8-16/h3-5,7-10,13,24H,6,11-12,14H2,1-2H3,(H,22,25). The highest BCUT2D eigenvalue weighted by molar-refractivity contribution is 6.00. The van der Waals surface area contributed by atoms with Gasteiger partial charge in [-0.1, -0.05) is 36.4 Å². The van der Waals surface area contributed by atoms with Crippen molar-refractivity contribution < 1.29 is 19.4 Å². The lowest BCUT2D eigenvalue weighted by atomic mass is 9.97. The van der Waals surface area contributed by atoms with Gasteiger partial charge in [0.2, 0.25) is 5.91 Å². The normalized spacial score (nSPS) is 19.0. The van der Waals surface area contributed by atoms with Crippen LogP contribution in [-0.4, -0.2) is 34.1 Å². The Hall–Kier alpha value is -3.02. The molecule has 2 aromatic rings. The monoisotopic (exact) mass is 368 g/mol. The number of nitrogens with zero attached hydrogens (tertiary/aromatic N) is 1. The first kappa shape index (κ1) is 18.8. The molecule has 2 aromatic carbocycles. The van der Waals surface area contributed by atoms with Crippen LogP contribution in [0.2, 0.25) is 0 Å². The topological polar surface area (TPSA) is 78.9 Å². The number of amides is 2. The highest BCUT2D eigenvalue weighted by Crippen LogP contribution is 2.33. The van der Waals surface area contributed by atoms with Gasteiger partial charge in [0.15, 0.2) is 0 Å². The molecule has 0 aromatic heterocycles. The van der Waals surface area contributed by atoms with Gasteiger partial charge in [-0.3, -0.25) is 9.69 Å². The van der Waals surface area contributed by atoms with Gasteiger partial charge in [0, 0.05) is 6.54 Å². The van der Waals surface area contributed by atoms with Crippen LogP contribution < -0.4 is 5.32 Å². The minimum atomic E-state index is -1.02. The highest BCUT2D eigenvalue weighted by atomic mass is 16.6. The number of benzene rings is 2. The molecule has 1 atom stereocenters. The molecule has 1 unspecified atom stereocenters. The molecule has 0 aliphatic carbocycles. The summed E-state index contributed by atoms with van der Waals surface area (Å²) in [6.07, 6.45) is 0.734. The van der Waals surface area contributed by atoms with Crippen molar-refractivity contribution in [3.63, 3.8) is 0 Å². The van der Waals surface area contributed by atoms with Crippen LogP contribution in [0.3, 0.4) is 0 Å². The van der Waals surface area contributed by atoms with Crippen LogP contribution in [0.1, 0.15) is 30.9 Å². The molecule has 0 radical (unpaired) electrons. The van der Waals surface area contributed by atoms with E-state index in [1.807, 2.05) is 37.3 Å². The van der Waals surface area contributed by atoms with Gasteiger partial charge in [0.05, 0.1) is 5.69 Å².